The third-order valence-electron chi connectivity index (χ3n) is 3.09. The quantitative estimate of drug-likeness (QED) is 0.799. The van der Waals surface area contributed by atoms with E-state index in [4.69, 9.17) is 27.9 Å². The first-order valence-electron chi connectivity index (χ1n) is 6.60. The Morgan fingerprint density at radius 2 is 2.00 bits per heavy atom. The molecule has 0 atom stereocenters. The lowest BCUT2D eigenvalue weighted by atomic mass is 10.1. The number of nitrogens with one attached hydrogen (secondary N) is 1. The number of aryl methyl sites for hydroxylation is 1. The van der Waals surface area contributed by atoms with Gasteiger partial charge in [0.15, 0.2) is 0 Å². The number of ether oxygens (including phenoxy) is 1. The predicted octanol–water partition coefficient (Wildman–Crippen LogP) is 4.28. The number of rotatable bonds is 5. The third-order valence-corrected chi connectivity index (χ3v) is 3.62. The predicted molar refractivity (Wildman–Crippen MR) is 88.1 cm³/mol. The molecule has 2 rings (SSSR count). The van der Waals surface area contributed by atoms with Crippen LogP contribution in [0.15, 0.2) is 36.4 Å². The molecule has 2 aromatic carbocycles. The molecule has 0 saturated heterocycles. The second kappa shape index (κ2) is 7.38. The number of hydrogen-bond donors (Lipinski definition) is 2. The van der Waals surface area contributed by atoms with E-state index < -0.39 is 0 Å². The number of hydrogen-bond acceptors (Lipinski definition) is 3. The molecule has 0 aliphatic carbocycles. The lowest BCUT2D eigenvalue weighted by Gasteiger charge is -2.09. The van der Waals surface area contributed by atoms with Gasteiger partial charge in [-0.1, -0.05) is 29.3 Å². The average molecular weight is 340 g/mol. The summed E-state index contributed by atoms with van der Waals surface area (Å²) in [4.78, 5) is 11.9. The first kappa shape index (κ1) is 16.5. The van der Waals surface area contributed by atoms with E-state index >= 15 is 0 Å². The molecule has 0 spiro atoms. The molecule has 0 unspecified atom stereocenters. The SMILES string of the molecule is COc1ccc(CCC(=O)Nc2cc(Cl)ccc2O)cc1Cl. The Labute approximate surface area is 138 Å². The summed E-state index contributed by atoms with van der Waals surface area (Å²) in [5, 5.41) is 13.2. The zero-order valence-corrected chi connectivity index (χ0v) is 13.4. The standard InChI is InChI=1S/C16H15Cl2NO3/c1-22-15-6-2-10(8-12(15)18)3-7-16(21)19-13-9-11(17)4-5-14(13)20/h2,4-6,8-9,20H,3,7H2,1H3,(H,19,21). The van der Waals surface area contributed by atoms with E-state index in [0.717, 1.165) is 5.56 Å². The van der Waals surface area contributed by atoms with Crippen molar-refractivity contribution in [2.24, 2.45) is 0 Å². The van der Waals surface area contributed by atoms with E-state index in [-0.39, 0.29) is 18.1 Å². The maximum atomic E-state index is 11.9. The van der Waals surface area contributed by atoms with Crippen LogP contribution in [0.5, 0.6) is 11.5 Å². The largest absolute Gasteiger partial charge is 0.506 e. The van der Waals surface area contributed by atoms with E-state index in [1.165, 1.54) is 12.1 Å². The maximum Gasteiger partial charge on any atom is 0.224 e. The van der Waals surface area contributed by atoms with Gasteiger partial charge >= 0.3 is 0 Å². The Hall–Kier alpha value is -1.91. The average Bonchev–Trinajstić information content (AvgIpc) is 2.49. The minimum Gasteiger partial charge on any atom is -0.506 e. The topological polar surface area (TPSA) is 58.6 Å². The third kappa shape index (κ3) is 4.29. The molecule has 0 aliphatic heterocycles. The van der Waals surface area contributed by atoms with Crippen molar-refractivity contribution < 1.29 is 14.6 Å². The van der Waals surface area contributed by atoms with Gasteiger partial charge in [-0.25, -0.2) is 0 Å². The number of phenols is 1. The van der Waals surface area contributed by atoms with Crippen LogP contribution in [0, 0.1) is 0 Å². The molecule has 116 valence electrons. The smallest absolute Gasteiger partial charge is 0.224 e. The Bertz CT molecular complexity index is 689. The van der Waals surface area contributed by atoms with Gasteiger partial charge in [-0.15, -0.1) is 0 Å². The summed E-state index contributed by atoms with van der Waals surface area (Å²) >= 11 is 11.9. The molecule has 0 aromatic heterocycles. The van der Waals surface area contributed by atoms with Gasteiger partial charge in [-0.05, 0) is 42.3 Å². The highest BCUT2D eigenvalue weighted by molar-refractivity contribution is 6.32. The highest BCUT2D eigenvalue weighted by atomic mass is 35.5. The molecule has 4 nitrogen and oxygen atoms in total. The van der Waals surface area contributed by atoms with Crippen LogP contribution in [0.2, 0.25) is 10.0 Å². The summed E-state index contributed by atoms with van der Waals surface area (Å²) in [6.07, 6.45) is 0.783. The van der Waals surface area contributed by atoms with Crippen LogP contribution in [0.4, 0.5) is 5.69 Å². The fraction of sp³-hybridized carbons (Fsp3) is 0.188. The molecule has 22 heavy (non-hydrogen) atoms. The zero-order valence-electron chi connectivity index (χ0n) is 11.9. The second-order valence-electron chi connectivity index (χ2n) is 4.68. The molecule has 2 aromatic rings. The number of carbonyl (C=O) groups is 1. The fourth-order valence-corrected chi connectivity index (χ4v) is 2.40. The van der Waals surface area contributed by atoms with Crippen molar-refractivity contribution in [2.45, 2.75) is 12.8 Å². The molecule has 0 saturated carbocycles. The van der Waals surface area contributed by atoms with Crippen molar-refractivity contribution in [1.82, 2.24) is 0 Å². The number of anilines is 1. The number of halogens is 2. The minimum atomic E-state index is -0.218. The first-order valence-corrected chi connectivity index (χ1v) is 7.36. The van der Waals surface area contributed by atoms with Crippen LogP contribution >= 0.6 is 23.2 Å². The number of benzene rings is 2. The van der Waals surface area contributed by atoms with Gasteiger partial charge in [0.1, 0.15) is 11.5 Å². The summed E-state index contributed by atoms with van der Waals surface area (Å²) in [5.74, 6) is 0.355. The molecule has 0 fully saturated rings. The normalized spacial score (nSPS) is 10.3. The van der Waals surface area contributed by atoms with Gasteiger partial charge in [0.25, 0.3) is 0 Å². The molecular formula is C16H15Cl2NO3. The minimum absolute atomic E-state index is 0.0229. The van der Waals surface area contributed by atoms with E-state index in [1.807, 2.05) is 6.07 Å². The van der Waals surface area contributed by atoms with Crippen molar-refractivity contribution in [2.75, 3.05) is 12.4 Å². The van der Waals surface area contributed by atoms with Crippen LogP contribution in [0.25, 0.3) is 0 Å². The van der Waals surface area contributed by atoms with Crippen molar-refractivity contribution >= 4 is 34.8 Å². The van der Waals surface area contributed by atoms with Gasteiger partial charge in [0, 0.05) is 11.4 Å². The van der Waals surface area contributed by atoms with Crippen LogP contribution in [-0.2, 0) is 11.2 Å². The van der Waals surface area contributed by atoms with Crippen LogP contribution < -0.4 is 10.1 Å². The first-order chi connectivity index (χ1) is 10.5. The van der Waals surface area contributed by atoms with Crippen molar-refractivity contribution in [1.29, 1.82) is 0 Å². The number of carbonyl (C=O) groups excluding carboxylic acids is 1. The van der Waals surface area contributed by atoms with E-state index in [2.05, 4.69) is 5.32 Å². The highest BCUT2D eigenvalue weighted by Crippen LogP contribution is 2.27. The second-order valence-corrected chi connectivity index (χ2v) is 5.52. The molecule has 2 N–H and O–H groups in total. The molecule has 0 radical (unpaired) electrons. The molecule has 0 heterocycles. The van der Waals surface area contributed by atoms with Crippen LogP contribution in [0.3, 0.4) is 0 Å². The number of methoxy groups -OCH3 is 1. The van der Waals surface area contributed by atoms with Gasteiger partial charge in [0.2, 0.25) is 5.91 Å². The van der Waals surface area contributed by atoms with Gasteiger partial charge in [-0.2, -0.15) is 0 Å². The lowest BCUT2D eigenvalue weighted by molar-refractivity contribution is -0.116. The number of aromatic hydroxyl groups is 1. The summed E-state index contributed by atoms with van der Waals surface area (Å²) in [6, 6.07) is 9.86. The van der Waals surface area contributed by atoms with Gasteiger partial charge < -0.3 is 15.2 Å². The van der Waals surface area contributed by atoms with Crippen LogP contribution in [-0.4, -0.2) is 18.1 Å². The lowest BCUT2D eigenvalue weighted by Crippen LogP contribution is -2.12. The Kier molecular flexibility index (Phi) is 5.52. The monoisotopic (exact) mass is 339 g/mol. The van der Waals surface area contributed by atoms with Crippen molar-refractivity contribution in [3.8, 4) is 11.5 Å². The number of amides is 1. The number of phenolic OH excluding ortho intramolecular Hbond substituents is 1. The molecule has 0 bridgehead atoms. The maximum absolute atomic E-state index is 11.9. The summed E-state index contributed by atoms with van der Waals surface area (Å²) in [6.45, 7) is 0. The summed E-state index contributed by atoms with van der Waals surface area (Å²) < 4.78 is 5.08. The molecule has 1 amide bonds. The molecule has 6 heteroatoms. The van der Waals surface area contributed by atoms with Crippen molar-refractivity contribution in [3.63, 3.8) is 0 Å². The van der Waals surface area contributed by atoms with E-state index in [9.17, 15) is 9.90 Å². The Balaban J connectivity index is 1.95. The summed E-state index contributed by atoms with van der Waals surface area (Å²) in [5.41, 5.74) is 1.22. The van der Waals surface area contributed by atoms with Gasteiger partial charge in [0.05, 0.1) is 17.8 Å². The van der Waals surface area contributed by atoms with E-state index in [0.29, 0.717) is 27.9 Å². The van der Waals surface area contributed by atoms with Gasteiger partial charge in [-0.3, -0.25) is 4.79 Å². The molecule has 0 aliphatic rings. The zero-order chi connectivity index (χ0) is 16.1. The van der Waals surface area contributed by atoms with Crippen molar-refractivity contribution in [3.05, 3.63) is 52.0 Å². The highest BCUT2D eigenvalue weighted by Gasteiger charge is 2.08. The fourth-order valence-electron chi connectivity index (χ4n) is 1.94. The Morgan fingerprint density at radius 3 is 2.68 bits per heavy atom. The Morgan fingerprint density at radius 1 is 1.23 bits per heavy atom. The summed E-state index contributed by atoms with van der Waals surface area (Å²) in [7, 11) is 1.55. The molecular weight excluding hydrogens is 325 g/mol. The van der Waals surface area contributed by atoms with Crippen LogP contribution in [0.1, 0.15) is 12.0 Å². The van der Waals surface area contributed by atoms with E-state index in [1.54, 1.807) is 25.3 Å².